The van der Waals surface area contributed by atoms with Crippen LogP contribution in [-0.2, 0) is 4.79 Å². The molecule has 0 atom stereocenters. The van der Waals surface area contributed by atoms with Gasteiger partial charge in [-0.15, -0.1) is 0 Å². The van der Waals surface area contributed by atoms with E-state index in [1.807, 2.05) is 60.7 Å². The summed E-state index contributed by atoms with van der Waals surface area (Å²) in [6.07, 6.45) is 3.89. The SMILES string of the molecule is CC1=C/C(=N/NC(=O)COc2ccccc2-c2ccccc2)CC1. The van der Waals surface area contributed by atoms with Crippen LogP contribution in [0.15, 0.2) is 71.3 Å². The number of hydrogen-bond acceptors (Lipinski definition) is 3. The number of benzene rings is 2. The van der Waals surface area contributed by atoms with Crippen LogP contribution in [0.4, 0.5) is 0 Å². The van der Waals surface area contributed by atoms with Crippen LogP contribution in [0.25, 0.3) is 11.1 Å². The highest BCUT2D eigenvalue weighted by Gasteiger charge is 2.09. The van der Waals surface area contributed by atoms with E-state index in [-0.39, 0.29) is 12.5 Å². The van der Waals surface area contributed by atoms with Crippen molar-refractivity contribution in [2.45, 2.75) is 19.8 Å². The summed E-state index contributed by atoms with van der Waals surface area (Å²) in [5.74, 6) is 0.423. The van der Waals surface area contributed by atoms with Crippen LogP contribution in [0.1, 0.15) is 19.8 Å². The predicted molar refractivity (Wildman–Crippen MR) is 95.9 cm³/mol. The second kappa shape index (κ2) is 7.59. The Hall–Kier alpha value is -2.88. The van der Waals surface area contributed by atoms with Gasteiger partial charge in [0.15, 0.2) is 6.61 Å². The molecule has 0 saturated heterocycles. The van der Waals surface area contributed by atoms with Crippen LogP contribution >= 0.6 is 0 Å². The molecule has 1 aliphatic rings. The van der Waals surface area contributed by atoms with Gasteiger partial charge in [0.2, 0.25) is 0 Å². The number of allylic oxidation sites excluding steroid dienone is 2. The highest BCUT2D eigenvalue weighted by Crippen LogP contribution is 2.29. The molecule has 0 heterocycles. The van der Waals surface area contributed by atoms with Crippen LogP contribution in [-0.4, -0.2) is 18.2 Å². The van der Waals surface area contributed by atoms with Crippen molar-refractivity contribution in [2.75, 3.05) is 6.61 Å². The van der Waals surface area contributed by atoms with Gasteiger partial charge in [0.25, 0.3) is 5.91 Å². The molecule has 0 unspecified atom stereocenters. The molecule has 2 aromatic rings. The molecular formula is C20H20N2O2. The summed E-state index contributed by atoms with van der Waals surface area (Å²) in [5.41, 5.74) is 6.77. The zero-order valence-electron chi connectivity index (χ0n) is 13.7. The van der Waals surface area contributed by atoms with E-state index in [1.54, 1.807) is 0 Å². The first-order chi connectivity index (χ1) is 11.7. The topological polar surface area (TPSA) is 50.7 Å². The Morgan fingerprint density at radius 3 is 2.58 bits per heavy atom. The van der Waals surface area contributed by atoms with E-state index in [4.69, 9.17) is 4.74 Å². The zero-order chi connectivity index (χ0) is 16.8. The molecule has 24 heavy (non-hydrogen) atoms. The Kier molecular flexibility index (Phi) is 5.06. The molecule has 0 saturated carbocycles. The molecule has 4 heteroatoms. The molecule has 1 N–H and O–H groups in total. The first-order valence-corrected chi connectivity index (χ1v) is 8.02. The number of para-hydroxylation sites is 1. The lowest BCUT2D eigenvalue weighted by molar-refractivity contribution is -0.123. The van der Waals surface area contributed by atoms with Crippen LogP contribution in [0.3, 0.4) is 0 Å². The van der Waals surface area contributed by atoms with Crippen molar-refractivity contribution >= 4 is 11.6 Å². The average molecular weight is 320 g/mol. The Balaban J connectivity index is 1.62. The fourth-order valence-electron chi connectivity index (χ4n) is 2.60. The standard InChI is InChI=1S/C20H20N2O2/c1-15-11-12-17(13-15)21-22-20(23)14-24-19-10-6-5-9-18(19)16-7-3-2-4-8-16/h2-10,13H,11-12,14H2,1H3,(H,22,23)/b21-17+. The van der Waals surface area contributed by atoms with Gasteiger partial charge in [-0.2, -0.15) is 5.10 Å². The summed E-state index contributed by atoms with van der Waals surface area (Å²) < 4.78 is 5.69. The molecule has 0 aromatic heterocycles. The second-order valence-corrected chi connectivity index (χ2v) is 5.78. The summed E-state index contributed by atoms with van der Waals surface area (Å²) in [5, 5.41) is 4.13. The van der Waals surface area contributed by atoms with Crippen LogP contribution in [0.5, 0.6) is 5.75 Å². The summed E-state index contributed by atoms with van der Waals surface area (Å²) in [4.78, 5) is 11.9. The number of ether oxygens (including phenoxy) is 1. The largest absolute Gasteiger partial charge is 0.483 e. The third-order valence-corrected chi connectivity index (χ3v) is 3.84. The van der Waals surface area contributed by atoms with Crippen LogP contribution < -0.4 is 10.2 Å². The molecule has 0 fully saturated rings. The van der Waals surface area contributed by atoms with E-state index >= 15 is 0 Å². The van der Waals surface area contributed by atoms with E-state index in [9.17, 15) is 4.79 Å². The number of carbonyl (C=O) groups excluding carboxylic acids is 1. The summed E-state index contributed by atoms with van der Waals surface area (Å²) in [6.45, 7) is 2.00. The van der Waals surface area contributed by atoms with E-state index in [0.717, 1.165) is 29.7 Å². The Labute approximate surface area is 141 Å². The van der Waals surface area contributed by atoms with Gasteiger partial charge < -0.3 is 4.74 Å². The van der Waals surface area contributed by atoms with Crippen molar-refractivity contribution in [3.8, 4) is 16.9 Å². The van der Waals surface area contributed by atoms with Crippen molar-refractivity contribution in [3.05, 3.63) is 66.2 Å². The lowest BCUT2D eigenvalue weighted by atomic mass is 10.1. The number of rotatable bonds is 5. The fraction of sp³-hybridized carbons (Fsp3) is 0.200. The van der Waals surface area contributed by atoms with Gasteiger partial charge in [0, 0.05) is 5.56 Å². The molecule has 122 valence electrons. The number of amides is 1. The molecule has 1 aliphatic carbocycles. The van der Waals surface area contributed by atoms with Gasteiger partial charge in [0.05, 0.1) is 5.71 Å². The number of nitrogens with one attached hydrogen (secondary N) is 1. The average Bonchev–Trinajstić information content (AvgIpc) is 3.04. The van der Waals surface area contributed by atoms with Crippen molar-refractivity contribution in [1.82, 2.24) is 5.43 Å². The highest BCUT2D eigenvalue weighted by molar-refractivity contribution is 5.98. The minimum absolute atomic E-state index is 0.0661. The zero-order valence-corrected chi connectivity index (χ0v) is 13.7. The Morgan fingerprint density at radius 2 is 1.83 bits per heavy atom. The normalized spacial score (nSPS) is 15.2. The van der Waals surface area contributed by atoms with Crippen molar-refractivity contribution in [3.63, 3.8) is 0 Å². The first kappa shape index (κ1) is 16.0. The molecule has 0 bridgehead atoms. The molecule has 0 spiro atoms. The lowest BCUT2D eigenvalue weighted by Gasteiger charge is -2.11. The van der Waals surface area contributed by atoms with E-state index in [0.29, 0.717) is 5.75 Å². The summed E-state index contributed by atoms with van der Waals surface area (Å²) >= 11 is 0. The van der Waals surface area contributed by atoms with Crippen LogP contribution in [0.2, 0.25) is 0 Å². The maximum Gasteiger partial charge on any atom is 0.277 e. The fourth-order valence-corrected chi connectivity index (χ4v) is 2.60. The maximum absolute atomic E-state index is 11.9. The Morgan fingerprint density at radius 1 is 1.08 bits per heavy atom. The van der Waals surface area contributed by atoms with Gasteiger partial charge in [-0.05, 0) is 37.5 Å². The van der Waals surface area contributed by atoms with Gasteiger partial charge >= 0.3 is 0 Å². The quantitative estimate of drug-likeness (QED) is 0.848. The first-order valence-electron chi connectivity index (χ1n) is 8.02. The monoisotopic (exact) mass is 320 g/mol. The lowest BCUT2D eigenvalue weighted by Crippen LogP contribution is -2.25. The molecule has 4 nitrogen and oxygen atoms in total. The van der Waals surface area contributed by atoms with Gasteiger partial charge in [-0.3, -0.25) is 4.79 Å². The minimum atomic E-state index is -0.261. The maximum atomic E-state index is 11.9. The van der Waals surface area contributed by atoms with Crippen molar-refractivity contribution < 1.29 is 9.53 Å². The molecule has 1 amide bonds. The smallest absolute Gasteiger partial charge is 0.277 e. The summed E-state index contributed by atoms with van der Waals surface area (Å²) in [7, 11) is 0. The van der Waals surface area contributed by atoms with Crippen molar-refractivity contribution in [2.24, 2.45) is 5.10 Å². The number of hydrazone groups is 1. The van der Waals surface area contributed by atoms with E-state index in [2.05, 4.69) is 17.5 Å². The number of hydrogen-bond donors (Lipinski definition) is 1. The second-order valence-electron chi connectivity index (χ2n) is 5.78. The Bertz CT molecular complexity index is 779. The number of carbonyl (C=O) groups is 1. The third kappa shape index (κ3) is 4.10. The molecule has 0 radical (unpaired) electrons. The van der Waals surface area contributed by atoms with Crippen molar-refractivity contribution in [1.29, 1.82) is 0 Å². The molecule has 2 aromatic carbocycles. The highest BCUT2D eigenvalue weighted by atomic mass is 16.5. The van der Waals surface area contributed by atoms with E-state index in [1.165, 1.54) is 5.57 Å². The van der Waals surface area contributed by atoms with Gasteiger partial charge in [0.1, 0.15) is 5.75 Å². The minimum Gasteiger partial charge on any atom is -0.483 e. The van der Waals surface area contributed by atoms with Gasteiger partial charge in [-0.1, -0.05) is 54.1 Å². The predicted octanol–water partition coefficient (Wildman–Crippen LogP) is 3.94. The summed E-state index contributed by atoms with van der Waals surface area (Å²) in [6, 6.07) is 17.7. The number of nitrogens with zero attached hydrogens (tertiary/aromatic N) is 1. The van der Waals surface area contributed by atoms with Gasteiger partial charge in [-0.25, -0.2) is 5.43 Å². The molecular weight excluding hydrogens is 300 g/mol. The molecule has 0 aliphatic heterocycles. The molecule has 3 rings (SSSR count). The van der Waals surface area contributed by atoms with Crippen LogP contribution in [0, 0.1) is 0 Å². The van der Waals surface area contributed by atoms with E-state index < -0.39 is 0 Å². The third-order valence-electron chi connectivity index (χ3n) is 3.84.